The van der Waals surface area contributed by atoms with E-state index in [-0.39, 0.29) is 23.7 Å². The first-order valence-corrected chi connectivity index (χ1v) is 8.96. The van der Waals surface area contributed by atoms with Crippen LogP contribution in [0.25, 0.3) is 0 Å². The average Bonchev–Trinajstić information content (AvgIpc) is 3.07. The molecule has 1 amide bonds. The molecule has 1 aliphatic carbocycles. The molecule has 1 fully saturated rings. The van der Waals surface area contributed by atoms with Crippen LogP contribution in [0.2, 0.25) is 0 Å². The van der Waals surface area contributed by atoms with Crippen LogP contribution in [0.4, 0.5) is 4.39 Å². The molecule has 2 aromatic rings. The van der Waals surface area contributed by atoms with Crippen molar-refractivity contribution in [3.8, 4) is 0 Å². The number of aromatic nitrogens is 4. The van der Waals surface area contributed by atoms with Gasteiger partial charge in [0.25, 0.3) is 0 Å². The molecule has 0 aliphatic heterocycles. The molecule has 9 heteroatoms. The Hall–Kier alpha value is -2.84. The van der Waals surface area contributed by atoms with Crippen molar-refractivity contribution in [3.05, 3.63) is 41.5 Å². The fourth-order valence-electron chi connectivity index (χ4n) is 3.44. The number of nitrogens with one attached hydrogen (secondary N) is 1. The maximum absolute atomic E-state index is 13.2. The SMILES string of the molecule is Cc1nnnn1C(Cc1ccc(F)cc1)C(=O)NC1CCC(C(=O)O)CC1. The number of benzene rings is 1. The zero-order chi connectivity index (χ0) is 19.4. The van der Waals surface area contributed by atoms with Gasteiger partial charge < -0.3 is 10.4 Å². The largest absolute Gasteiger partial charge is 0.481 e. The van der Waals surface area contributed by atoms with Gasteiger partial charge in [-0.1, -0.05) is 12.1 Å². The predicted octanol–water partition coefficient (Wildman–Crippen LogP) is 1.66. The smallest absolute Gasteiger partial charge is 0.306 e. The molecule has 144 valence electrons. The van der Waals surface area contributed by atoms with E-state index >= 15 is 0 Å². The van der Waals surface area contributed by atoms with Gasteiger partial charge in [-0.15, -0.1) is 5.10 Å². The Balaban J connectivity index is 1.71. The molecule has 27 heavy (non-hydrogen) atoms. The molecule has 0 spiro atoms. The lowest BCUT2D eigenvalue weighted by Crippen LogP contribution is -2.43. The molecule has 1 saturated carbocycles. The highest BCUT2D eigenvalue weighted by molar-refractivity contribution is 5.81. The van der Waals surface area contributed by atoms with Gasteiger partial charge >= 0.3 is 5.97 Å². The van der Waals surface area contributed by atoms with Crippen molar-refractivity contribution in [1.29, 1.82) is 0 Å². The van der Waals surface area contributed by atoms with Gasteiger partial charge in [-0.25, -0.2) is 9.07 Å². The van der Waals surface area contributed by atoms with Crippen molar-refractivity contribution in [2.24, 2.45) is 5.92 Å². The fourth-order valence-corrected chi connectivity index (χ4v) is 3.44. The third-order valence-electron chi connectivity index (χ3n) is 5.02. The summed E-state index contributed by atoms with van der Waals surface area (Å²) in [5.41, 5.74) is 0.793. The zero-order valence-electron chi connectivity index (χ0n) is 15.0. The summed E-state index contributed by atoms with van der Waals surface area (Å²) in [6.07, 6.45) is 2.67. The monoisotopic (exact) mass is 375 g/mol. The number of carbonyl (C=O) groups excluding carboxylic acids is 1. The van der Waals surface area contributed by atoms with E-state index < -0.39 is 12.0 Å². The van der Waals surface area contributed by atoms with Crippen molar-refractivity contribution < 1.29 is 19.1 Å². The predicted molar refractivity (Wildman–Crippen MR) is 93.2 cm³/mol. The van der Waals surface area contributed by atoms with Crippen LogP contribution in [0.3, 0.4) is 0 Å². The standard InChI is InChI=1S/C18H22FN5O3/c1-11-21-22-23-24(11)16(10-12-2-6-14(19)7-3-12)17(25)20-15-8-4-13(5-9-15)18(26)27/h2-3,6-7,13,15-16H,4-5,8-10H2,1H3,(H,20,25)(H,26,27). The summed E-state index contributed by atoms with van der Waals surface area (Å²) in [6.45, 7) is 1.71. The summed E-state index contributed by atoms with van der Waals surface area (Å²) < 4.78 is 14.6. The second-order valence-electron chi connectivity index (χ2n) is 6.91. The summed E-state index contributed by atoms with van der Waals surface area (Å²) in [6, 6.07) is 5.23. The van der Waals surface area contributed by atoms with E-state index in [4.69, 9.17) is 5.11 Å². The van der Waals surface area contributed by atoms with E-state index in [1.807, 2.05) is 0 Å². The maximum Gasteiger partial charge on any atom is 0.306 e. The van der Waals surface area contributed by atoms with E-state index in [0.29, 0.717) is 37.9 Å². The minimum Gasteiger partial charge on any atom is -0.481 e. The topological polar surface area (TPSA) is 110 Å². The molecule has 1 unspecified atom stereocenters. The number of tetrazole rings is 1. The first-order chi connectivity index (χ1) is 12.9. The summed E-state index contributed by atoms with van der Waals surface area (Å²) in [5, 5.41) is 23.5. The normalized spacial score (nSPS) is 20.8. The molecule has 3 rings (SSSR count). The number of aliphatic carboxylic acids is 1. The number of amides is 1. The van der Waals surface area contributed by atoms with Gasteiger partial charge in [0.15, 0.2) is 0 Å². The van der Waals surface area contributed by atoms with Gasteiger partial charge in [-0.2, -0.15) is 0 Å². The quantitative estimate of drug-likeness (QED) is 0.795. The van der Waals surface area contributed by atoms with Crippen LogP contribution in [-0.4, -0.2) is 43.2 Å². The van der Waals surface area contributed by atoms with E-state index in [9.17, 15) is 14.0 Å². The minimum absolute atomic E-state index is 0.0689. The molecular weight excluding hydrogens is 353 g/mol. The van der Waals surface area contributed by atoms with Crippen LogP contribution in [-0.2, 0) is 16.0 Å². The Kier molecular flexibility index (Phi) is 5.78. The van der Waals surface area contributed by atoms with Crippen LogP contribution in [0, 0.1) is 18.7 Å². The molecule has 1 aromatic heterocycles. The zero-order valence-corrected chi connectivity index (χ0v) is 15.0. The Morgan fingerprint density at radius 2 is 1.93 bits per heavy atom. The highest BCUT2D eigenvalue weighted by atomic mass is 19.1. The van der Waals surface area contributed by atoms with Crippen LogP contribution in [0.1, 0.15) is 43.1 Å². The number of nitrogens with zero attached hydrogens (tertiary/aromatic N) is 4. The van der Waals surface area contributed by atoms with E-state index in [0.717, 1.165) is 5.56 Å². The number of hydrogen-bond acceptors (Lipinski definition) is 5. The highest BCUT2D eigenvalue weighted by Gasteiger charge is 2.30. The van der Waals surface area contributed by atoms with Crippen molar-refractivity contribution in [2.75, 3.05) is 0 Å². The van der Waals surface area contributed by atoms with Gasteiger partial charge in [-0.05, 0) is 60.7 Å². The van der Waals surface area contributed by atoms with E-state index in [2.05, 4.69) is 20.8 Å². The lowest BCUT2D eigenvalue weighted by Gasteiger charge is -2.28. The molecule has 2 N–H and O–H groups in total. The van der Waals surface area contributed by atoms with Crippen LogP contribution >= 0.6 is 0 Å². The van der Waals surface area contributed by atoms with E-state index in [1.54, 1.807) is 19.1 Å². The lowest BCUT2D eigenvalue weighted by molar-refractivity contribution is -0.142. The van der Waals surface area contributed by atoms with Gasteiger partial charge in [-0.3, -0.25) is 9.59 Å². The number of carbonyl (C=O) groups is 2. The molecule has 0 radical (unpaired) electrons. The molecule has 1 aromatic carbocycles. The molecule has 1 atom stereocenters. The van der Waals surface area contributed by atoms with Gasteiger partial charge in [0.1, 0.15) is 17.7 Å². The van der Waals surface area contributed by atoms with Gasteiger partial charge in [0.05, 0.1) is 5.92 Å². The second-order valence-corrected chi connectivity index (χ2v) is 6.91. The van der Waals surface area contributed by atoms with E-state index in [1.165, 1.54) is 16.8 Å². The highest BCUT2D eigenvalue weighted by Crippen LogP contribution is 2.25. The third kappa shape index (κ3) is 4.66. The number of rotatable bonds is 6. The van der Waals surface area contributed by atoms with Crippen LogP contribution in [0.5, 0.6) is 0 Å². The van der Waals surface area contributed by atoms with Crippen molar-refractivity contribution in [1.82, 2.24) is 25.5 Å². The number of carboxylic acids is 1. The molecule has 0 bridgehead atoms. The van der Waals surface area contributed by atoms with Gasteiger partial charge in [0.2, 0.25) is 5.91 Å². The van der Waals surface area contributed by atoms with Crippen molar-refractivity contribution in [2.45, 2.75) is 51.1 Å². The number of hydrogen-bond donors (Lipinski definition) is 2. The Morgan fingerprint density at radius 1 is 1.26 bits per heavy atom. The Bertz CT molecular complexity index is 800. The molecule has 8 nitrogen and oxygen atoms in total. The summed E-state index contributed by atoms with van der Waals surface area (Å²) in [7, 11) is 0. The second kappa shape index (κ2) is 8.24. The lowest BCUT2D eigenvalue weighted by atomic mass is 9.86. The Morgan fingerprint density at radius 3 is 2.48 bits per heavy atom. The third-order valence-corrected chi connectivity index (χ3v) is 5.02. The molecule has 1 heterocycles. The summed E-state index contributed by atoms with van der Waals surface area (Å²) in [4.78, 5) is 24.0. The van der Waals surface area contributed by atoms with Crippen LogP contribution < -0.4 is 5.32 Å². The van der Waals surface area contributed by atoms with Gasteiger partial charge in [0, 0.05) is 12.5 Å². The maximum atomic E-state index is 13.2. The Labute approximate surface area is 155 Å². The van der Waals surface area contributed by atoms with Crippen molar-refractivity contribution >= 4 is 11.9 Å². The molecule has 1 aliphatic rings. The summed E-state index contributed by atoms with van der Waals surface area (Å²) in [5.74, 6) is -1.18. The summed E-state index contributed by atoms with van der Waals surface area (Å²) >= 11 is 0. The average molecular weight is 375 g/mol. The van der Waals surface area contributed by atoms with Crippen molar-refractivity contribution in [3.63, 3.8) is 0 Å². The minimum atomic E-state index is -0.779. The number of aryl methyl sites for hydroxylation is 1. The first-order valence-electron chi connectivity index (χ1n) is 8.96. The first kappa shape index (κ1) is 18.9. The fraction of sp³-hybridized carbons (Fsp3) is 0.500. The van der Waals surface area contributed by atoms with Crippen LogP contribution in [0.15, 0.2) is 24.3 Å². The number of halogens is 1. The molecule has 0 saturated heterocycles. The number of carboxylic acid groups (broad SMARTS) is 1. The molecular formula is C18H22FN5O3.